The summed E-state index contributed by atoms with van der Waals surface area (Å²) in [5.74, 6) is 2.51. The summed E-state index contributed by atoms with van der Waals surface area (Å²) in [4.78, 5) is 7.95. The van der Waals surface area contributed by atoms with E-state index in [4.69, 9.17) is 0 Å². The molecule has 0 saturated heterocycles. The first-order chi connectivity index (χ1) is 8.72. The number of benzene rings is 1. The number of para-hydroxylation sites is 2. The van der Waals surface area contributed by atoms with Crippen LogP contribution in [-0.2, 0) is 0 Å². The maximum atomic E-state index is 4.59. The van der Waals surface area contributed by atoms with Crippen LogP contribution in [0.3, 0.4) is 0 Å². The fourth-order valence-electron chi connectivity index (χ4n) is 3.08. The molecule has 3 atom stereocenters. The van der Waals surface area contributed by atoms with Crippen LogP contribution in [0, 0.1) is 11.8 Å². The number of rotatable bonds is 2. The van der Waals surface area contributed by atoms with E-state index in [-0.39, 0.29) is 0 Å². The van der Waals surface area contributed by atoms with Gasteiger partial charge >= 0.3 is 0 Å². The third-order valence-corrected chi connectivity index (χ3v) is 4.14. The van der Waals surface area contributed by atoms with E-state index < -0.39 is 0 Å². The van der Waals surface area contributed by atoms with Crippen LogP contribution >= 0.6 is 0 Å². The van der Waals surface area contributed by atoms with Gasteiger partial charge in [-0.2, -0.15) is 0 Å². The number of fused-ring (bicyclic) bond motifs is 1. The van der Waals surface area contributed by atoms with Crippen LogP contribution in [0.1, 0.15) is 33.1 Å². The molecule has 2 aromatic rings. The van der Waals surface area contributed by atoms with Crippen molar-refractivity contribution in [3.63, 3.8) is 0 Å². The van der Waals surface area contributed by atoms with E-state index in [1.54, 1.807) is 0 Å². The van der Waals surface area contributed by atoms with Crippen LogP contribution in [0.15, 0.2) is 24.3 Å². The molecule has 0 radical (unpaired) electrons. The smallest absolute Gasteiger partial charge is 0.201 e. The lowest BCUT2D eigenvalue weighted by molar-refractivity contribution is 0.276. The van der Waals surface area contributed by atoms with Crippen molar-refractivity contribution in [3.8, 4) is 0 Å². The van der Waals surface area contributed by atoms with Crippen LogP contribution in [-0.4, -0.2) is 16.0 Å². The molecule has 3 heteroatoms. The van der Waals surface area contributed by atoms with Gasteiger partial charge in [0, 0.05) is 6.04 Å². The van der Waals surface area contributed by atoms with Crippen molar-refractivity contribution in [2.24, 2.45) is 11.8 Å². The van der Waals surface area contributed by atoms with E-state index in [1.807, 2.05) is 18.2 Å². The predicted molar refractivity (Wildman–Crippen MR) is 75.7 cm³/mol. The summed E-state index contributed by atoms with van der Waals surface area (Å²) in [6, 6.07) is 8.73. The van der Waals surface area contributed by atoms with Gasteiger partial charge in [-0.1, -0.05) is 26.0 Å². The average molecular weight is 243 g/mol. The van der Waals surface area contributed by atoms with Gasteiger partial charge in [-0.25, -0.2) is 4.98 Å². The monoisotopic (exact) mass is 243 g/mol. The summed E-state index contributed by atoms with van der Waals surface area (Å²) in [6.45, 7) is 4.70. The second-order valence-corrected chi connectivity index (χ2v) is 5.75. The molecule has 96 valence electrons. The molecule has 1 saturated carbocycles. The summed E-state index contributed by atoms with van der Waals surface area (Å²) in [5.41, 5.74) is 2.15. The van der Waals surface area contributed by atoms with E-state index in [0.29, 0.717) is 6.04 Å². The summed E-state index contributed by atoms with van der Waals surface area (Å²) in [6.07, 6.45) is 3.89. The van der Waals surface area contributed by atoms with Gasteiger partial charge in [-0.15, -0.1) is 0 Å². The Morgan fingerprint density at radius 1 is 1.22 bits per heavy atom. The average Bonchev–Trinajstić information content (AvgIpc) is 2.75. The summed E-state index contributed by atoms with van der Waals surface area (Å²) in [7, 11) is 0. The first-order valence-electron chi connectivity index (χ1n) is 6.93. The number of nitrogens with zero attached hydrogens (tertiary/aromatic N) is 1. The molecular weight excluding hydrogens is 222 g/mol. The molecule has 3 unspecified atom stereocenters. The summed E-state index contributed by atoms with van der Waals surface area (Å²) >= 11 is 0. The topological polar surface area (TPSA) is 40.7 Å². The molecule has 1 aliphatic rings. The molecule has 1 aromatic carbocycles. The van der Waals surface area contributed by atoms with Crippen molar-refractivity contribution in [2.45, 2.75) is 39.2 Å². The molecule has 0 amide bonds. The third-order valence-electron chi connectivity index (χ3n) is 4.14. The second-order valence-electron chi connectivity index (χ2n) is 5.75. The Hall–Kier alpha value is -1.51. The molecule has 0 bridgehead atoms. The minimum Gasteiger partial charge on any atom is -0.353 e. The van der Waals surface area contributed by atoms with Crippen molar-refractivity contribution in [1.82, 2.24) is 9.97 Å². The first-order valence-corrected chi connectivity index (χ1v) is 6.93. The van der Waals surface area contributed by atoms with Gasteiger partial charge < -0.3 is 10.3 Å². The first kappa shape index (κ1) is 11.6. The quantitative estimate of drug-likeness (QED) is 0.842. The third kappa shape index (κ3) is 2.22. The van der Waals surface area contributed by atoms with Crippen LogP contribution in [0.25, 0.3) is 11.0 Å². The Bertz CT molecular complexity index is 498. The van der Waals surface area contributed by atoms with Crippen LogP contribution in [0.5, 0.6) is 0 Å². The highest BCUT2D eigenvalue weighted by molar-refractivity contribution is 5.77. The summed E-state index contributed by atoms with van der Waals surface area (Å²) in [5, 5.41) is 3.57. The van der Waals surface area contributed by atoms with Gasteiger partial charge in [0.15, 0.2) is 0 Å². The van der Waals surface area contributed by atoms with Gasteiger partial charge in [0.1, 0.15) is 0 Å². The van der Waals surface area contributed by atoms with Crippen molar-refractivity contribution in [1.29, 1.82) is 0 Å². The number of aromatic amines is 1. The Labute approximate surface area is 108 Å². The number of nitrogens with one attached hydrogen (secondary N) is 2. The van der Waals surface area contributed by atoms with Gasteiger partial charge in [-0.3, -0.25) is 0 Å². The summed E-state index contributed by atoms with van der Waals surface area (Å²) < 4.78 is 0. The number of imidazole rings is 1. The van der Waals surface area contributed by atoms with Gasteiger partial charge in [0.05, 0.1) is 11.0 Å². The molecule has 1 fully saturated rings. The molecule has 2 N–H and O–H groups in total. The molecule has 1 aromatic heterocycles. The van der Waals surface area contributed by atoms with Crippen molar-refractivity contribution in [2.75, 3.05) is 5.32 Å². The zero-order valence-corrected chi connectivity index (χ0v) is 11.1. The maximum Gasteiger partial charge on any atom is 0.201 e. The van der Waals surface area contributed by atoms with Crippen molar-refractivity contribution in [3.05, 3.63) is 24.3 Å². The number of aromatic nitrogens is 2. The normalized spacial score (nSPS) is 28.4. The van der Waals surface area contributed by atoms with E-state index in [0.717, 1.165) is 28.8 Å². The highest BCUT2D eigenvalue weighted by atomic mass is 15.1. The Morgan fingerprint density at radius 3 is 2.83 bits per heavy atom. The van der Waals surface area contributed by atoms with E-state index in [9.17, 15) is 0 Å². The van der Waals surface area contributed by atoms with Gasteiger partial charge in [-0.05, 0) is 43.2 Å². The lowest BCUT2D eigenvalue weighted by Gasteiger charge is -2.33. The lowest BCUT2D eigenvalue weighted by Crippen LogP contribution is -2.33. The van der Waals surface area contributed by atoms with Gasteiger partial charge in [0.2, 0.25) is 5.95 Å². The minimum absolute atomic E-state index is 0.557. The minimum atomic E-state index is 0.557. The SMILES string of the molecule is CC1CCC(Nc2nc3ccccc3[nH]2)C(C)C1. The molecule has 3 nitrogen and oxygen atoms in total. The number of H-pyrrole nitrogens is 1. The van der Waals surface area contributed by atoms with E-state index >= 15 is 0 Å². The molecule has 0 aliphatic heterocycles. The zero-order chi connectivity index (χ0) is 12.5. The Morgan fingerprint density at radius 2 is 2.06 bits per heavy atom. The van der Waals surface area contributed by atoms with Crippen LogP contribution in [0.4, 0.5) is 5.95 Å². The Balaban J connectivity index is 1.75. The number of anilines is 1. The van der Waals surface area contributed by atoms with Crippen molar-refractivity contribution >= 4 is 17.0 Å². The zero-order valence-electron chi connectivity index (χ0n) is 11.1. The standard InChI is InChI=1S/C15H21N3/c1-10-7-8-12(11(2)9-10)16-15-17-13-5-3-4-6-14(13)18-15/h3-6,10-12H,7-9H2,1-2H3,(H2,16,17,18). The fourth-order valence-corrected chi connectivity index (χ4v) is 3.08. The van der Waals surface area contributed by atoms with Gasteiger partial charge in [0.25, 0.3) is 0 Å². The van der Waals surface area contributed by atoms with E-state index in [1.165, 1.54) is 19.3 Å². The molecular formula is C15H21N3. The van der Waals surface area contributed by atoms with Crippen molar-refractivity contribution < 1.29 is 0 Å². The van der Waals surface area contributed by atoms with Crippen LogP contribution in [0.2, 0.25) is 0 Å². The molecule has 1 aliphatic carbocycles. The highest BCUT2D eigenvalue weighted by Gasteiger charge is 2.25. The number of hydrogen-bond donors (Lipinski definition) is 2. The fraction of sp³-hybridized carbons (Fsp3) is 0.533. The maximum absolute atomic E-state index is 4.59. The predicted octanol–water partition coefficient (Wildman–Crippen LogP) is 3.80. The van der Waals surface area contributed by atoms with E-state index in [2.05, 4.69) is 35.2 Å². The number of hydrogen-bond acceptors (Lipinski definition) is 2. The lowest BCUT2D eigenvalue weighted by atomic mass is 9.80. The molecule has 3 rings (SSSR count). The second kappa shape index (κ2) is 4.63. The molecule has 18 heavy (non-hydrogen) atoms. The largest absolute Gasteiger partial charge is 0.353 e. The Kier molecular flexibility index (Phi) is 2.98. The highest BCUT2D eigenvalue weighted by Crippen LogP contribution is 2.30. The van der Waals surface area contributed by atoms with Crippen LogP contribution < -0.4 is 5.32 Å². The molecule has 1 heterocycles. The molecule has 0 spiro atoms.